The molecule has 1 aromatic rings. The Labute approximate surface area is 122 Å². The standard InChI is InChI=1S/C17H26N2O/c1-14-5-7-16(8-6-14)20-17-4-2-3-15(13-17)19-11-9-18-10-12-19/h2-4,13-14,16,18H,5-12H2,1H3. The van der Waals surface area contributed by atoms with Crippen molar-refractivity contribution in [2.24, 2.45) is 5.92 Å². The van der Waals surface area contributed by atoms with Gasteiger partial charge in [0, 0.05) is 37.9 Å². The number of anilines is 1. The molecule has 0 atom stereocenters. The van der Waals surface area contributed by atoms with E-state index in [-0.39, 0.29) is 0 Å². The van der Waals surface area contributed by atoms with E-state index >= 15 is 0 Å². The lowest BCUT2D eigenvalue weighted by molar-refractivity contribution is 0.135. The monoisotopic (exact) mass is 274 g/mol. The Hall–Kier alpha value is -1.22. The maximum absolute atomic E-state index is 6.19. The van der Waals surface area contributed by atoms with Crippen LogP contribution in [0, 0.1) is 5.92 Å². The van der Waals surface area contributed by atoms with E-state index in [1.807, 2.05) is 0 Å². The van der Waals surface area contributed by atoms with Crippen molar-refractivity contribution < 1.29 is 4.74 Å². The first kappa shape index (κ1) is 13.7. The van der Waals surface area contributed by atoms with Gasteiger partial charge in [-0.3, -0.25) is 0 Å². The molecule has 0 amide bonds. The molecule has 0 spiro atoms. The van der Waals surface area contributed by atoms with E-state index in [0.717, 1.165) is 37.8 Å². The van der Waals surface area contributed by atoms with Gasteiger partial charge in [0.25, 0.3) is 0 Å². The molecule has 1 saturated carbocycles. The predicted molar refractivity (Wildman–Crippen MR) is 83.6 cm³/mol. The van der Waals surface area contributed by atoms with Gasteiger partial charge in [-0.1, -0.05) is 13.0 Å². The Morgan fingerprint density at radius 2 is 1.85 bits per heavy atom. The first-order valence-electron chi connectivity index (χ1n) is 8.03. The summed E-state index contributed by atoms with van der Waals surface area (Å²) < 4.78 is 6.19. The number of rotatable bonds is 3. The third-order valence-corrected chi connectivity index (χ3v) is 4.57. The minimum absolute atomic E-state index is 0.421. The van der Waals surface area contributed by atoms with Crippen molar-refractivity contribution in [1.82, 2.24) is 5.32 Å². The molecule has 0 bridgehead atoms. The molecular weight excluding hydrogens is 248 g/mol. The lowest BCUT2D eigenvalue weighted by atomic mass is 9.89. The molecule has 0 aromatic heterocycles. The van der Waals surface area contributed by atoms with Crippen LogP contribution in [0.1, 0.15) is 32.6 Å². The van der Waals surface area contributed by atoms with Crippen molar-refractivity contribution in [3.63, 3.8) is 0 Å². The second-order valence-corrected chi connectivity index (χ2v) is 6.23. The molecule has 3 rings (SSSR count). The summed E-state index contributed by atoms with van der Waals surface area (Å²) in [5.74, 6) is 1.92. The maximum Gasteiger partial charge on any atom is 0.121 e. The molecule has 1 N–H and O–H groups in total. The van der Waals surface area contributed by atoms with Crippen LogP contribution in [-0.4, -0.2) is 32.3 Å². The fraction of sp³-hybridized carbons (Fsp3) is 0.647. The number of ether oxygens (including phenoxy) is 1. The number of piperazine rings is 1. The van der Waals surface area contributed by atoms with Crippen LogP contribution < -0.4 is 15.0 Å². The number of hydrogen-bond donors (Lipinski definition) is 1. The van der Waals surface area contributed by atoms with Crippen molar-refractivity contribution >= 4 is 5.69 Å². The van der Waals surface area contributed by atoms with Gasteiger partial charge >= 0.3 is 0 Å². The Balaban J connectivity index is 1.62. The second kappa shape index (κ2) is 6.49. The smallest absolute Gasteiger partial charge is 0.121 e. The maximum atomic E-state index is 6.19. The van der Waals surface area contributed by atoms with E-state index in [9.17, 15) is 0 Å². The van der Waals surface area contributed by atoms with Crippen molar-refractivity contribution in [3.8, 4) is 5.75 Å². The Kier molecular flexibility index (Phi) is 4.46. The zero-order valence-corrected chi connectivity index (χ0v) is 12.5. The summed E-state index contributed by atoms with van der Waals surface area (Å²) in [4.78, 5) is 2.44. The van der Waals surface area contributed by atoms with E-state index in [1.54, 1.807) is 0 Å². The molecule has 1 aliphatic carbocycles. The summed E-state index contributed by atoms with van der Waals surface area (Å²) in [5.41, 5.74) is 1.30. The average molecular weight is 274 g/mol. The van der Waals surface area contributed by atoms with E-state index < -0.39 is 0 Å². The third kappa shape index (κ3) is 3.45. The van der Waals surface area contributed by atoms with Gasteiger partial charge in [-0.25, -0.2) is 0 Å². The van der Waals surface area contributed by atoms with Gasteiger partial charge in [-0.15, -0.1) is 0 Å². The molecule has 1 saturated heterocycles. The van der Waals surface area contributed by atoms with Gasteiger partial charge in [-0.05, 0) is 43.7 Å². The molecule has 0 unspecified atom stereocenters. The van der Waals surface area contributed by atoms with Crippen molar-refractivity contribution in [2.45, 2.75) is 38.7 Å². The molecule has 2 fully saturated rings. The van der Waals surface area contributed by atoms with Crippen LogP contribution in [0.5, 0.6) is 5.75 Å². The Morgan fingerprint density at radius 3 is 2.60 bits per heavy atom. The first-order chi connectivity index (χ1) is 9.81. The van der Waals surface area contributed by atoms with Crippen LogP contribution in [0.25, 0.3) is 0 Å². The summed E-state index contributed by atoms with van der Waals surface area (Å²) >= 11 is 0. The Morgan fingerprint density at radius 1 is 1.10 bits per heavy atom. The number of nitrogens with zero attached hydrogens (tertiary/aromatic N) is 1. The largest absolute Gasteiger partial charge is 0.490 e. The minimum atomic E-state index is 0.421. The van der Waals surface area contributed by atoms with Gasteiger partial charge < -0.3 is 15.0 Å². The third-order valence-electron chi connectivity index (χ3n) is 4.57. The SMILES string of the molecule is CC1CCC(Oc2cccc(N3CCNCC3)c2)CC1. The number of nitrogens with one attached hydrogen (secondary N) is 1. The first-order valence-corrected chi connectivity index (χ1v) is 8.03. The summed E-state index contributed by atoms with van der Waals surface area (Å²) in [5, 5.41) is 3.40. The molecule has 20 heavy (non-hydrogen) atoms. The summed E-state index contributed by atoms with van der Waals surface area (Å²) in [6, 6.07) is 8.63. The predicted octanol–water partition coefficient (Wildman–Crippen LogP) is 3.05. The van der Waals surface area contributed by atoms with Gasteiger partial charge in [0.2, 0.25) is 0 Å². The topological polar surface area (TPSA) is 24.5 Å². The summed E-state index contributed by atoms with van der Waals surface area (Å²) in [6.07, 6.45) is 5.45. The van der Waals surface area contributed by atoms with Gasteiger partial charge in [0.05, 0.1) is 6.10 Å². The summed E-state index contributed by atoms with van der Waals surface area (Å²) in [6.45, 7) is 6.67. The van der Waals surface area contributed by atoms with Crippen molar-refractivity contribution in [3.05, 3.63) is 24.3 Å². The highest BCUT2D eigenvalue weighted by atomic mass is 16.5. The number of benzene rings is 1. The molecule has 3 nitrogen and oxygen atoms in total. The van der Waals surface area contributed by atoms with Gasteiger partial charge in [-0.2, -0.15) is 0 Å². The molecule has 1 aromatic carbocycles. The van der Waals surface area contributed by atoms with Crippen LogP contribution in [0.15, 0.2) is 24.3 Å². The zero-order valence-electron chi connectivity index (χ0n) is 12.5. The summed E-state index contributed by atoms with van der Waals surface area (Å²) in [7, 11) is 0. The molecule has 0 radical (unpaired) electrons. The van der Waals surface area contributed by atoms with Crippen LogP contribution in [0.2, 0.25) is 0 Å². The van der Waals surface area contributed by atoms with Crippen LogP contribution in [0.4, 0.5) is 5.69 Å². The molecule has 3 heteroatoms. The Bertz CT molecular complexity index is 421. The molecule has 1 aliphatic heterocycles. The highest BCUT2D eigenvalue weighted by Crippen LogP contribution is 2.29. The quantitative estimate of drug-likeness (QED) is 0.917. The molecular formula is C17H26N2O. The lowest BCUT2D eigenvalue weighted by Gasteiger charge is -2.30. The minimum Gasteiger partial charge on any atom is -0.490 e. The molecule has 1 heterocycles. The van der Waals surface area contributed by atoms with E-state index in [0.29, 0.717) is 6.10 Å². The fourth-order valence-electron chi connectivity index (χ4n) is 3.22. The normalized spacial score (nSPS) is 27.4. The average Bonchev–Trinajstić information content (AvgIpc) is 2.51. The zero-order chi connectivity index (χ0) is 13.8. The lowest BCUT2D eigenvalue weighted by Crippen LogP contribution is -2.43. The second-order valence-electron chi connectivity index (χ2n) is 6.23. The molecule has 2 aliphatic rings. The van der Waals surface area contributed by atoms with Crippen molar-refractivity contribution in [1.29, 1.82) is 0 Å². The number of hydrogen-bond acceptors (Lipinski definition) is 3. The highest BCUT2D eigenvalue weighted by Gasteiger charge is 2.20. The van der Waals surface area contributed by atoms with Crippen LogP contribution >= 0.6 is 0 Å². The van der Waals surface area contributed by atoms with Gasteiger partial charge in [0.15, 0.2) is 0 Å². The van der Waals surface area contributed by atoms with E-state index in [4.69, 9.17) is 4.74 Å². The van der Waals surface area contributed by atoms with Crippen molar-refractivity contribution in [2.75, 3.05) is 31.1 Å². The van der Waals surface area contributed by atoms with Crippen LogP contribution in [0.3, 0.4) is 0 Å². The van der Waals surface area contributed by atoms with Gasteiger partial charge in [0.1, 0.15) is 5.75 Å². The van der Waals surface area contributed by atoms with E-state index in [2.05, 4.69) is 41.4 Å². The van der Waals surface area contributed by atoms with Crippen LogP contribution in [-0.2, 0) is 0 Å². The van der Waals surface area contributed by atoms with E-state index in [1.165, 1.54) is 31.4 Å². The molecule has 110 valence electrons. The fourth-order valence-corrected chi connectivity index (χ4v) is 3.22. The highest BCUT2D eigenvalue weighted by molar-refractivity contribution is 5.51.